The Kier molecular flexibility index (Phi) is 6.25. The third kappa shape index (κ3) is 4.85. The van der Waals surface area contributed by atoms with Crippen LogP contribution in [0.3, 0.4) is 0 Å². The zero-order valence-corrected chi connectivity index (χ0v) is 11.7. The number of hydrogen-bond donors (Lipinski definition) is 2. The van der Waals surface area contributed by atoms with Crippen LogP contribution in [0.1, 0.15) is 18.0 Å². The van der Waals surface area contributed by atoms with Crippen LogP contribution in [0.15, 0.2) is 43.0 Å². The summed E-state index contributed by atoms with van der Waals surface area (Å²) in [4.78, 5) is 13.9. The molecule has 1 aromatic rings. The van der Waals surface area contributed by atoms with E-state index in [-0.39, 0.29) is 11.9 Å². The van der Waals surface area contributed by atoms with Gasteiger partial charge in [-0.05, 0) is 26.1 Å². The zero-order valence-electron chi connectivity index (χ0n) is 11.7. The maximum atomic E-state index is 11.8. The fourth-order valence-electron chi connectivity index (χ4n) is 1.89. The quantitative estimate of drug-likeness (QED) is 0.728. The number of carbonyl (C=O) groups excluding carboxylic acids is 1. The molecule has 0 aliphatic rings. The minimum Gasteiger partial charge on any atom is -0.353 e. The van der Waals surface area contributed by atoms with E-state index in [4.69, 9.17) is 5.73 Å². The van der Waals surface area contributed by atoms with E-state index in [1.165, 1.54) is 5.56 Å². The Morgan fingerprint density at radius 3 is 2.58 bits per heavy atom. The van der Waals surface area contributed by atoms with Gasteiger partial charge in [-0.25, -0.2) is 0 Å². The molecule has 19 heavy (non-hydrogen) atoms. The normalized spacial score (nSPS) is 13.9. The summed E-state index contributed by atoms with van der Waals surface area (Å²) in [6, 6.07) is 9.71. The Bertz CT molecular complexity index is 403. The fourth-order valence-corrected chi connectivity index (χ4v) is 1.89. The lowest BCUT2D eigenvalue weighted by molar-refractivity contribution is -0.122. The summed E-state index contributed by atoms with van der Waals surface area (Å²) >= 11 is 0. The minimum absolute atomic E-state index is 0.136. The third-order valence-electron chi connectivity index (χ3n) is 3.03. The summed E-state index contributed by atoms with van der Waals surface area (Å²) in [7, 11) is 3.99. The van der Waals surface area contributed by atoms with Crippen LogP contribution in [0.25, 0.3) is 0 Å². The summed E-state index contributed by atoms with van der Waals surface area (Å²) in [6.07, 6.45) is 2.15. The van der Waals surface area contributed by atoms with Crippen LogP contribution < -0.4 is 11.1 Å². The van der Waals surface area contributed by atoms with Gasteiger partial charge in [0.2, 0.25) is 5.91 Å². The second-order valence-corrected chi connectivity index (χ2v) is 4.77. The first kappa shape index (κ1) is 15.4. The maximum Gasteiger partial charge on any atom is 0.237 e. The van der Waals surface area contributed by atoms with Crippen molar-refractivity contribution in [3.05, 3.63) is 48.6 Å². The zero-order chi connectivity index (χ0) is 14.3. The van der Waals surface area contributed by atoms with E-state index in [1.54, 1.807) is 6.08 Å². The number of carbonyl (C=O) groups is 1. The molecule has 1 amide bonds. The standard InChI is InChI=1S/C15H23N3O/c1-4-8-13(16)15(19)17-11-14(18(2)3)12-9-6-5-7-10-12/h4-7,9-10,13-14H,1,8,11,16H2,2-3H3,(H,17,19). The maximum absolute atomic E-state index is 11.8. The Morgan fingerprint density at radius 1 is 1.42 bits per heavy atom. The van der Waals surface area contributed by atoms with Gasteiger partial charge in [0.1, 0.15) is 0 Å². The van der Waals surface area contributed by atoms with Gasteiger partial charge in [-0.1, -0.05) is 36.4 Å². The average Bonchev–Trinajstić information content (AvgIpc) is 2.39. The van der Waals surface area contributed by atoms with E-state index in [1.807, 2.05) is 32.3 Å². The molecule has 2 atom stereocenters. The molecular weight excluding hydrogens is 238 g/mol. The molecule has 0 spiro atoms. The molecule has 0 fully saturated rings. The van der Waals surface area contributed by atoms with Crippen LogP contribution in [0, 0.1) is 0 Å². The summed E-state index contributed by atoms with van der Waals surface area (Å²) in [6.45, 7) is 4.13. The van der Waals surface area contributed by atoms with E-state index >= 15 is 0 Å². The number of hydrogen-bond acceptors (Lipinski definition) is 3. The molecule has 4 nitrogen and oxygen atoms in total. The smallest absolute Gasteiger partial charge is 0.237 e. The molecule has 0 aliphatic carbocycles. The van der Waals surface area contributed by atoms with Crippen molar-refractivity contribution in [3.8, 4) is 0 Å². The van der Waals surface area contributed by atoms with E-state index in [0.29, 0.717) is 13.0 Å². The van der Waals surface area contributed by atoms with E-state index in [9.17, 15) is 4.79 Å². The van der Waals surface area contributed by atoms with Crippen molar-refractivity contribution in [1.29, 1.82) is 0 Å². The molecule has 0 heterocycles. The van der Waals surface area contributed by atoms with Crippen molar-refractivity contribution in [1.82, 2.24) is 10.2 Å². The summed E-state index contributed by atoms with van der Waals surface area (Å²) < 4.78 is 0. The van der Waals surface area contributed by atoms with Crippen molar-refractivity contribution < 1.29 is 4.79 Å². The molecular formula is C15H23N3O. The van der Waals surface area contributed by atoms with Gasteiger partial charge in [0.05, 0.1) is 12.1 Å². The van der Waals surface area contributed by atoms with Crippen molar-refractivity contribution in [2.75, 3.05) is 20.6 Å². The SMILES string of the molecule is C=CCC(N)C(=O)NCC(c1ccccc1)N(C)C. The number of nitrogens with two attached hydrogens (primary N) is 1. The monoisotopic (exact) mass is 261 g/mol. The second kappa shape index (κ2) is 7.71. The minimum atomic E-state index is -0.518. The number of nitrogens with zero attached hydrogens (tertiary/aromatic N) is 1. The van der Waals surface area contributed by atoms with Gasteiger partial charge < -0.3 is 16.0 Å². The number of benzene rings is 1. The average molecular weight is 261 g/mol. The highest BCUT2D eigenvalue weighted by atomic mass is 16.2. The number of likely N-dealkylation sites (N-methyl/N-ethyl adjacent to an activating group) is 1. The van der Waals surface area contributed by atoms with Gasteiger partial charge in [0.15, 0.2) is 0 Å². The molecule has 3 N–H and O–H groups in total. The summed E-state index contributed by atoms with van der Waals surface area (Å²) in [5, 5.41) is 2.89. The molecule has 0 saturated heterocycles. The lowest BCUT2D eigenvalue weighted by atomic mass is 10.1. The molecule has 1 aromatic carbocycles. The van der Waals surface area contributed by atoms with Crippen LogP contribution in [0.2, 0.25) is 0 Å². The molecule has 4 heteroatoms. The van der Waals surface area contributed by atoms with Gasteiger partial charge in [-0.3, -0.25) is 4.79 Å². The van der Waals surface area contributed by atoms with Crippen molar-refractivity contribution in [2.24, 2.45) is 5.73 Å². The summed E-state index contributed by atoms with van der Waals surface area (Å²) in [5.41, 5.74) is 6.90. The molecule has 0 aliphatic heterocycles. The van der Waals surface area contributed by atoms with E-state index in [2.05, 4.69) is 28.9 Å². The van der Waals surface area contributed by atoms with Crippen LogP contribution in [0.4, 0.5) is 0 Å². The van der Waals surface area contributed by atoms with Crippen molar-refractivity contribution in [3.63, 3.8) is 0 Å². The predicted octanol–water partition coefficient (Wildman–Crippen LogP) is 1.31. The fraction of sp³-hybridized carbons (Fsp3) is 0.400. The molecule has 1 rings (SSSR count). The Morgan fingerprint density at radius 2 is 2.05 bits per heavy atom. The van der Waals surface area contributed by atoms with Gasteiger partial charge >= 0.3 is 0 Å². The Hall–Kier alpha value is -1.65. The molecule has 0 radical (unpaired) electrons. The van der Waals surface area contributed by atoms with Gasteiger partial charge in [0.25, 0.3) is 0 Å². The highest BCUT2D eigenvalue weighted by Gasteiger charge is 2.17. The van der Waals surface area contributed by atoms with E-state index in [0.717, 1.165) is 0 Å². The molecule has 0 aromatic heterocycles. The Labute approximate surface area is 115 Å². The first-order valence-electron chi connectivity index (χ1n) is 6.41. The lowest BCUT2D eigenvalue weighted by Gasteiger charge is -2.25. The number of rotatable bonds is 7. The van der Waals surface area contributed by atoms with Crippen LogP contribution in [-0.4, -0.2) is 37.5 Å². The van der Waals surface area contributed by atoms with Crippen LogP contribution in [-0.2, 0) is 4.79 Å². The van der Waals surface area contributed by atoms with Crippen molar-refractivity contribution >= 4 is 5.91 Å². The molecule has 104 valence electrons. The number of nitrogens with one attached hydrogen (secondary N) is 1. The first-order chi connectivity index (χ1) is 9.06. The van der Waals surface area contributed by atoms with Gasteiger partial charge in [-0.15, -0.1) is 6.58 Å². The van der Waals surface area contributed by atoms with E-state index < -0.39 is 6.04 Å². The Balaban J connectivity index is 2.61. The predicted molar refractivity (Wildman–Crippen MR) is 78.7 cm³/mol. The van der Waals surface area contributed by atoms with Gasteiger partial charge in [-0.2, -0.15) is 0 Å². The third-order valence-corrected chi connectivity index (χ3v) is 3.03. The first-order valence-corrected chi connectivity index (χ1v) is 6.41. The second-order valence-electron chi connectivity index (χ2n) is 4.77. The number of amides is 1. The highest BCUT2D eigenvalue weighted by molar-refractivity contribution is 5.81. The largest absolute Gasteiger partial charge is 0.353 e. The van der Waals surface area contributed by atoms with Crippen LogP contribution in [0.5, 0.6) is 0 Å². The summed E-state index contributed by atoms with van der Waals surface area (Å²) in [5.74, 6) is -0.136. The van der Waals surface area contributed by atoms with Crippen molar-refractivity contribution in [2.45, 2.75) is 18.5 Å². The molecule has 0 saturated carbocycles. The topological polar surface area (TPSA) is 58.4 Å². The van der Waals surface area contributed by atoms with Gasteiger partial charge in [0, 0.05) is 6.54 Å². The van der Waals surface area contributed by atoms with Crippen LogP contribution >= 0.6 is 0 Å². The lowest BCUT2D eigenvalue weighted by Crippen LogP contribution is -2.43. The highest BCUT2D eigenvalue weighted by Crippen LogP contribution is 2.16. The molecule has 0 bridgehead atoms. The molecule has 2 unspecified atom stereocenters.